The Morgan fingerprint density at radius 2 is 1.53 bits per heavy atom. The highest BCUT2D eigenvalue weighted by Crippen LogP contribution is 2.37. The molecule has 7 rings (SSSR count). The van der Waals surface area contributed by atoms with Gasteiger partial charge in [0.15, 0.2) is 0 Å². The second kappa shape index (κ2) is 11.5. The fourth-order valence-corrected chi connectivity index (χ4v) is 6.15. The number of nitrogens with zero attached hydrogens (tertiary/aromatic N) is 3. The number of carbonyl (C=O) groups is 2. The predicted octanol–water partition coefficient (Wildman–Crippen LogP) is 7.65. The number of likely N-dealkylation sites (tertiary alicyclic amines) is 1. The molecule has 4 heterocycles. The maximum atomic E-state index is 13.8. The third kappa shape index (κ3) is 5.94. The van der Waals surface area contributed by atoms with E-state index < -0.39 is 5.92 Å². The number of alkyl halides is 2. The molecular formula is C36H30F3N3O3. The monoisotopic (exact) mass is 609 g/mol. The van der Waals surface area contributed by atoms with Crippen LogP contribution in [-0.4, -0.2) is 45.6 Å². The van der Waals surface area contributed by atoms with Crippen LogP contribution in [0, 0.1) is 5.82 Å². The van der Waals surface area contributed by atoms with E-state index in [1.807, 2.05) is 41.3 Å². The van der Waals surface area contributed by atoms with Crippen LogP contribution in [0.15, 0.2) is 89.6 Å². The smallest absolute Gasteiger partial charge is 0.253 e. The van der Waals surface area contributed by atoms with Crippen LogP contribution in [0.5, 0.6) is 0 Å². The summed E-state index contributed by atoms with van der Waals surface area (Å²) < 4.78 is 47.3. The summed E-state index contributed by atoms with van der Waals surface area (Å²) in [5, 5.41) is 0.836. The first kappa shape index (κ1) is 28.8. The van der Waals surface area contributed by atoms with E-state index in [1.54, 1.807) is 36.7 Å². The summed E-state index contributed by atoms with van der Waals surface area (Å²) in [6.07, 6.45) is 3.62. The normalized spacial score (nSPS) is 15.8. The van der Waals surface area contributed by atoms with Crippen LogP contribution in [0.25, 0.3) is 33.2 Å². The van der Waals surface area contributed by atoms with Gasteiger partial charge in [0.25, 0.3) is 11.8 Å². The van der Waals surface area contributed by atoms with Gasteiger partial charge in [-0.2, -0.15) is 0 Å². The maximum absolute atomic E-state index is 13.8. The molecule has 2 aliphatic heterocycles. The van der Waals surface area contributed by atoms with Crippen molar-refractivity contribution in [3.05, 3.63) is 113 Å². The Morgan fingerprint density at radius 1 is 0.822 bits per heavy atom. The van der Waals surface area contributed by atoms with Gasteiger partial charge >= 0.3 is 0 Å². The molecule has 0 aliphatic carbocycles. The van der Waals surface area contributed by atoms with E-state index in [0.717, 1.165) is 38.8 Å². The fraction of sp³-hybridized carbons (Fsp3) is 0.250. The number of halogens is 3. The first-order chi connectivity index (χ1) is 21.7. The molecule has 0 spiro atoms. The number of piperidine rings is 1. The molecule has 0 N–H and O–H groups in total. The van der Waals surface area contributed by atoms with Crippen molar-refractivity contribution in [1.82, 2.24) is 14.8 Å². The summed E-state index contributed by atoms with van der Waals surface area (Å²) in [5.74, 6) is -2.61. The highest BCUT2D eigenvalue weighted by Gasteiger charge is 2.35. The van der Waals surface area contributed by atoms with Crippen LogP contribution in [0.2, 0.25) is 0 Å². The molecule has 228 valence electrons. The van der Waals surface area contributed by atoms with Gasteiger partial charge < -0.3 is 14.2 Å². The van der Waals surface area contributed by atoms with Gasteiger partial charge in [0.05, 0.1) is 0 Å². The zero-order chi connectivity index (χ0) is 31.1. The number of pyridine rings is 1. The highest BCUT2D eigenvalue weighted by atomic mass is 19.3. The van der Waals surface area contributed by atoms with Crippen LogP contribution in [0.3, 0.4) is 0 Å². The summed E-state index contributed by atoms with van der Waals surface area (Å²) in [6.45, 7) is 1.19. The van der Waals surface area contributed by atoms with E-state index in [-0.39, 0.29) is 43.6 Å². The Kier molecular flexibility index (Phi) is 7.39. The molecule has 2 aromatic heterocycles. The zero-order valence-corrected chi connectivity index (χ0v) is 24.4. The minimum atomic E-state index is -2.72. The van der Waals surface area contributed by atoms with Crippen LogP contribution < -0.4 is 0 Å². The van der Waals surface area contributed by atoms with Crippen molar-refractivity contribution in [1.29, 1.82) is 0 Å². The number of amides is 2. The number of hydrogen-bond donors (Lipinski definition) is 0. The van der Waals surface area contributed by atoms with Gasteiger partial charge in [0.1, 0.15) is 17.2 Å². The van der Waals surface area contributed by atoms with Crippen molar-refractivity contribution in [3.8, 4) is 22.3 Å². The lowest BCUT2D eigenvalue weighted by atomic mass is 9.96. The molecular weight excluding hydrogens is 579 g/mol. The lowest BCUT2D eigenvalue weighted by Gasteiger charge is -2.31. The van der Waals surface area contributed by atoms with Crippen molar-refractivity contribution in [2.75, 3.05) is 13.1 Å². The van der Waals surface area contributed by atoms with Gasteiger partial charge in [-0.15, -0.1) is 0 Å². The molecule has 0 saturated carbocycles. The first-order valence-corrected chi connectivity index (χ1v) is 15.0. The van der Waals surface area contributed by atoms with Gasteiger partial charge in [-0.1, -0.05) is 24.3 Å². The number of carbonyl (C=O) groups excluding carboxylic acids is 2. The Morgan fingerprint density at radius 3 is 2.27 bits per heavy atom. The SMILES string of the molecule is O=C(CCc1cc2cc(-c3ccc(C(=O)N4CCC(F)(F)CC4)cc3)cc(-c3ccc(F)cc3)c2o1)N1Cc2ccncc2C1. The molecule has 3 aromatic carbocycles. The summed E-state index contributed by atoms with van der Waals surface area (Å²) in [6, 6.07) is 21.1. The molecule has 0 bridgehead atoms. The largest absolute Gasteiger partial charge is 0.460 e. The number of furan rings is 1. The van der Waals surface area contributed by atoms with E-state index in [0.29, 0.717) is 42.8 Å². The molecule has 45 heavy (non-hydrogen) atoms. The van der Waals surface area contributed by atoms with Crippen molar-refractivity contribution >= 4 is 22.8 Å². The average Bonchev–Trinajstić information content (AvgIpc) is 3.68. The summed E-state index contributed by atoms with van der Waals surface area (Å²) in [4.78, 5) is 33.5. The van der Waals surface area contributed by atoms with E-state index in [1.165, 1.54) is 17.0 Å². The van der Waals surface area contributed by atoms with Crippen LogP contribution in [0.4, 0.5) is 13.2 Å². The summed E-state index contributed by atoms with van der Waals surface area (Å²) in [5.41, 5.74) is 6.53. The Hall–Kier alpha value is -4.92. The number of benzene rings is 3. The Balaban J connectivity index is 1.14. The van der Waals surface area contributed by atoms with Crippen molar-refractivity contribution in [2.24, 2.45) is 0 Å². The summed E-state index contributed by atoms with van der Waals surface area (Å²) >= 11 is 0. The molecule has 1 fully saturated rings. The van der Waals surface area contributed by atoms with E-state index in [2.05, 4.69) is 4.98 Å². The van der Waals surface area contributed by atoms with Crippen molar-refractivity contribution in [2.45, 2.75) is 44.7 Å². The van der Waals surface area contributed by atoms with Gasteiger partial charge in [0, 0.05) is 80.8 Å². The van der Waals surface area contributed by atoms with E-state index in [4.69, 9.17) is 4.42 Å². The topological polar surface area (TPSA) is 66.7 Å². The predicted molar refractivity (Wildman–Crippen MR) is 164 cm³/mol. The molecule has 6 nitrogen and oxygen atoms in total. The lowest BCUT2D eigenvalue weighted by Crippen LogP contribution is -2.42. The standard InChI is InChI=1S/C36H30F3N3O3/c37-30-7-5-24(6-8-30)32-19-27(23-1-3-25(4-2-23)35(44)41-15-12-36(38,39)13-16-41)17-28-18-31(45-34(28)32)9-10-33(43)42-21-26-11-14-40-20-29(26)22-42/h1-8,11,14,17-20H,9-10,12-13,15-16,21-22H2. The van der Waals surface area contributed by atoms with Gasteiger partial charge in [0.2, 0.25) is 5.91 Å². The first-order valence-electron chi connectivity index (χ1n) is 15.0. The third-order valence-corrected chi connectivity index (χ3v) is 8.73. The summed E-state index contributed by atoms with van der Waals surface area (Å²) in [7, 11) is 0. The van der Waals surface area contributed by atoms with E-state index >= 15 is 0 Å². The quantitative estimate of drug-likeness (QED) is 0.198. The van der Waals surface area contributed by atoms with Gasteiger partial charge in [-0.05, 0) is 76.3 Å². The molecule has 0 unspecified atom stereocenters. The number of rotatable bonds is 6. The maximum Gasteiger partial charge on any atom is 0.253 e. The fourth-order valence-electron chi connectivity index (χ4n) is 6.15. The van der Waals surface area contributed by atoms with Gasteiger partial charge in [-0.25, -0.2) is 13.2 Å². The number of fused-ring (bicyclic) bond motifs is 2. The van der Waals surface area contributed by atoms with Crippen LogP contribution in [-0.2, 0) is 24.3 Å². The Labute approximate surface area is 258 Å². The molecule has 2 amide bonds. The molecule has 9 heteroatoms. The second-order valence-electron chi connectivity index (χ2n) is 11.8. The van der Waals surface area contributed by atoms with E-state index in [9.17, 15) is 22.8 Å². The Bertz CT molecular complexity index is 1870. The minimum absolute atomic E-state index is 0.0306. The molecule has 2 aliphatic rings. The second-order valence-corrected chi connectivity index (χ2v) is 11.8. The zero-order valence-electron chi connectivity index (χ0n) is 24.4. The molecule has 0 atom stereocenters. The average molecular weight is 610 g/mol. The lowest BCUT2D eigenvalue weighted by molar-refractivity contribution is -0.131. The van der Waals surface area contributed by atoms with Crippen LogP contribution in [0.1, 0.15) is 46.5 Å². The minimum Gasteiger partial charge on any atom is -0.460 e. The number of aromatic nitrogens is 1. The van der Waals surface area contributed by atoms with Crippen molar-refractivity contribution < 1.29 is 27.2 Å². The highest BCUT2D eigenvalue weighted by molar-refractivity contribution is 5.98. The third-order valence-electron chi connectivity index (χ3n) is 8.73. The number of aryl methyl sites for hydroxylation is 1. The van der Waals surface area contributed by atoms with Crippen molar-refractivity contribution in [3.63, 3.8) is 0 Å². The molecule has 1 saturated heterocycles. The number of hydrogen-bond acceptors (Lipinski definition) is 4. The molecule has 0 radical (unpaired) electrons. The molecule has 5 aromatic rings. The van der Waals surface area contributed by atoms with Gasteiger partial charge in [-0.3, -0.25) is 14.6 Å². The van der Waals surface area contributed by atoms with Crippen LogP contribution >= 0.6 is 0 Å².